The predicted octanol–water partition coefficient (Wildman–Crippen LogP) is 1.57. The third-order valence-electron chi connectivity index (χ3n) is 2.27. The van der Waals surface area contributed by atoms with Crippen molar-refractivity contribution in [2.24, 2.45) is 0 Å². The molecule has 10 heteroatoms. The molecule has 0 saturated heterocycles. The van der Waals surface area contributed by atoms with Gasteiger partial charge in [-0.1, -0.05) is 0 Å². The van der Waals surface area contributed by atoms with Crippen LogP contribution in [0.1, 0.15) is 6.92 Å². The highest BCUT2D eigenvalue weighted by Crippen LogP contribution is 2.27. The van der Waals surface area contributed by atoms with Crippen LogP contribution in [0.3, 0.4) is 0 Å². The Morgan fingerprint density at radius 1 is 1.40 bits per heavy atom. The fraction of sp³-hybridized carbons (Fsp3) is 0.400. The van der Waals surface area contributed by atoms with E-state index in [4.69, 9.17) is 0 Å². The summed E-state index contributed by atoms with van der Waals surface area (Å²) in [5, 5.41) is 13.6. The lowest BCUT2D eigenvalue weighted by Gasteiger charge is -2.08. The van der Waals surface area contributed by atoms with Crippen molar-refractivity contribution in [3.63, 3.8) is 0 Å². The Morgan fingerprint density at radius 3 is 2.55 bits per heavy atom. The standard InChI is InChI=1S/C10H13F2N3O4S/c1-2-13-8-4-3-7(5-9(8)15(16)17)20(18,19)14-6-10(11)12/h3-5,10,13-14H,2,6H2,1H3. The van der Waals surface area contributed by atoms with Crippen LogP contribution < -0.4 is 10.0 Å². The third-order valence-corrected chi connectivity index (χ3v) is 3.69. The van der Waals surface area contributed by atoms with Gasteiger partial charge in [0.2, 0.25) is 10.0 Å². The first kappa shape index (κ1) is 16.2. The molecule has 0 aliphatic carbocycles. The van der Waals surface area contributed by atoms with Gasteiger partial charge in [-0.15, -0.1) is 0 Å². The highest BCUT2D eigenvalue weighted by molar-refractivity contribution is 7.89. The minimum Gasteiger partial charge on any atom is -0.380 e. The van der Waals surface area contributed by atoms with Crippen LogP contribution in [0.5, 0.6) is 0 Å². The van der Waals surface area contributed by atoms with Crippen LogP contribution in [0.25, 0.3) is 0 Å². The summed E-state index contributed by atoms with van der Waals surface area (Å²) in [7, 11) is -4.21. The van der Waals surface area contributed by atoms with Gasteiger partial charge in [-0.2, -0.15) is 0 Å². The Hall–Kier alpha value is -1.81. The topological polar surface area (TPSA) is 101 Å². The molecule has 0 unspecified atom stereocenters. The van der Waals surface area contributed by atoms with Gasteiger partial charge in [0, 0.05) is 12.6 Å². The number of halogens is 2. The van der Waals surface area contributed by atoms with E-state index in [-0.39, 0.29) is 5.69 Å². The second-order valence-corrected chi connectivity index (χ2v) is 5.48. The smallest absolute Gasteiger partial charge is 0.293 e. The summed E-state index contributed by atoms with van der Waals surface area (Å²) in [5.41, 5.74) is -0.280. The summed E-state index contributed by atoms with van der Waals surface area (Å²) in [6, 6.07) is 3.16. The number of nitro groups is 1. The Morgan fingerprint density at radius 2 is 2.05 bits per heavy atom. The summed E-state index contributed by atoms with van der Waals surface area (Å²) < 4.78 is 49.1. The summed E-state index contributed by atoms with van der Waals surface area (Å²) in [6.07, 6.45) is -2.85. The fourth-order valence-corrected chi connectivity index (χ4v) is 2.45. The lowest BCUT2D eigenvalue weighted by Crippen LogP contribution is -2.28. The first-order valence-electron chi connectivity index (χ1n) is 5.58. The van der Waals surface area contributed by atoms with Crippen LogP contribution in [0.4, 0.5) is 20.2 Å². The van der Waals surface area contributed by atoms with Gasteiger partial charge in [-0.05, 0) is 19.1 Å². The number of nitrogens with zero attached hydrogens (tertiary/aromatic N) is 1. The van der Waals surface area contributed by atoms with Crippen LogP contribution in [-0.2, 0) is 10.0 Å². The molecule has 0 amide bonds. The van der Waals surface area contributed by atoms with E-state index >= 15 is 0 Å². The van der Waals surface area contributed by atoms with Crippen LogP contribution >= 0.6 is 0 Å². The molecule has 0 aliphatic heterocycles. The number of nitro benzene ring substituents is 1. The predicted molar refractivity (Wildman–Crippen MR) is 68.5 cm³/mol. The monoisotopic (exact) mass is 309 g/mol. The van der Waals surface area contributed by atoms with Crippen LogP contribution in [0.15, 0.2) is 23.1 Å². The van der Waals surface area contributed by atoms with E-state index in [1.165, 1.54) is 6.07 Å². The molecule has 112 valence electrons. The van der Waals surface area contributed by atoms with Crippen LogP contribution in [0.2, 0.25) is 0 Å². The van der Waals surface area contributed by atoms with Crippen molar-refractivity contribution < 1.29 is 22.1 Å². The second-order valence-electron chi connectivity index (χ2n) is 3.71. The molecule has 7 nitrogen and oxygen atoms in total. The summed E-state index contributed by atoms with van der Waals surface area (Å²) in [4.78, 5) is 9.69. The normalized spacial score (nSPS) is 11.6. The van der Waals surface area contributed by atoms with Gasteiger partial charge >= 0.3 is 0 Å². The lowest BCUT2D eigenvalue weighted by atomic mass is 10.2. The summed E-state index contributed by atoms with van der Waals surface area (Å²) in [5.74, 6) is 0. The molecule has 0 saturated carbocycles. The zero-order valence-corrected chi connectivity index (χ0v) is 11.3. The Bertz CT molecular complexity index is 592. The number of hydrogen-bond acceptors (Lipinski definition) is 5. The van der Waals surface area contributed by atoms with E-state index in [9.17, 15) is 27.3 Å². The van der Waals surface area contributed by atoms with Crippen LogP contribution in [0, 0.1) is 10.1 Å². The number of sulfonamides is 1. The third kappa shape index (κ3) is 4.10. The molecule has 0 atom stereocenters. The van der Waals surface area contributed by atoms with Gasteiger partial charge in [0.15, 0.2) is 0 Å². The fourth-order valence-electron chi connectivity index (χ4n) is 1.43. The lowest BCUT2D eigenvalue weighted by molar-refractivity contribution is -0.384. The molecule has 0 spiro atoms. The van der Waals surface area contributed by atoms with Gasteiger partial charge in [-0.25, -0.2) is 21.9 Å². The minimum absolute atomic E-state index is 0.158. The van der Waals surface area contributed by atoms with Gasteiger partial charge in [-0.3, -0.25) is 10.1 Å². The highest BCUT2D eigenvalue weighted by Gasteiger charge is 2.21. The first-order valence-corrected chi connectivity index (χ1v) is 7.06. The molecular formula is C10H13F2N3O4S. The zero-order valence-electron chi connectivity index (χ0n) is 10.5. The van der Waals surface area contributed by atoms with Gasteiger partial charge in [0.25, 0.3) is 12.1 Å². The molecule has 20 heavy (non-hydrogen) atoms. The average molecular weight is 309 g/mol. The maximum atomic E-state index is 12.0. The van der Waals surface area contributed by atoms with E-state index in [1.807, 2.05) is 0 Å². The molecule has 0 fully saturated rings. The molecule has 1 aromatic carbocycles. The quantitative estimate of drug-likeness (QED) is 0.588. The molecule has 1 aromatic rings. The molecule has 1 rings (SSSR count). The maximum absolute atomic E-state index is 12.0. The number of alkyl halides is 2. The summed E-state index contributed by atoms with van der Waals surface area (Å²) >= 11 is 0. The van der Waals surface area contributed by atoms with Crippen LogP contribution in [-0.4, -0.2) is 32.9 Å². The van der Waals surface area contributed by atoms with Gasteiger partial charge in [0.1, 0.15) is 5.69 Å². The number of nitrogens with one attached hydrogen (secondary N) is 2. The molecular weight excluding hydrogens is 296 g/mol. The molecule has 2 N–H and O–H groups in total. The summed E-state index contributed by atoms with van der Waals surface area (Å²) in [6.45, 7) is 1.08. The molecule has 0 aromatic heterocycles. The Kier molecular flexibility index (Phi) is 5.34. The molecule has 0 heterocycles. The van der Waals surface area contributed by atoms with Crippen molar-refractivity contribution in [3.05, 3.63) is 28.3 Å². The maximum Gasteiger partial charge on any atom is 0.293 e. The van der Waals surface area contributed by atoms with Gasteiger partial charge in [0.05, 0.1) is 16.4 Å². The number of benzene rings is 1. The average Bonchev–Trinajstić information content (AvgIpc) is 2.37. The van der Waals surface area contributed by atoms with E-state index in [0.717, 1.165) is 12.1 Å². The van der Waals surface area contributed by atoms with Crippen molar-refractivity contribution in [3.8, 4) is 0 Å². The highest BCUT2D eigenvalue weighted by atomic mass is 32.2. The van der Waals surface area contributed by atoms with E-state index in [1.54, 1.807) is 11.6 Å². The molecule has 0 aliphatic rings. The number of hydrogen-bond donors (Lipinski definition) is 2. The zero-order chi connectivity index (χ0) is 15.3. The molecule has 0 radical (unpaired) electrons. The number of anilines is 1. The van der Waals surface area contributed by atoms with Crippen molar-refractivity contribution in [2.75, 3.05) is 18.4 Å². The van der Waals surface area contributed by atoms with E-state index < -0.39 is 38.5 Å². The van der Waals surface area contributed by atoms with E-state index in [2.05, 4.69) is 5.32 Å². The van der Waals surface area contributed by atoms with Crippen molar-refractivity contribution in [2.45, 2.75) is 18.2 Å². The minimum atomic E-state index is -4.21. The SMILES string of the molecule is CCNc1ccc(S(=O)(=O)NCC(F)F)cc1[N+](=O)[O-]. The van der Waals surface area contributed by atoms with Crippen molar-refractivity contribution in [1.29, 1.82) is 0 Å². The first-order chi connectivity index (χ1) is 9.27. The Labute approximate surface area is 114 Å². The molecule has 0 bridgehead atoms. The Balaban J connectivity index is 3.14. The van der Waals surface area contributed by atoms with E-state index in [0.29, 0.717) is 6.54 Å². The number of rotatable bonds is 7. The largest absolute Gasteiger partial charge is 0.380 e. The van der Waals surface area contributed by atoms with Gasteiger partial charge < -0.3 is 5.32 Å². The van der Waals surface area contributed by atoms with Crippen molar-refractivity contribution in [1.82, 2.24) is 4.72 Å². The van der Waals surface area contributed by atoms with Crippen molar-refractivity contribution >= 4 is 21.4 Å². The second kappa shape index (κ2) is 6.57.